The lowest BCUT2D eigenvalue weighted by molar-refractivity contribution is 0.0991. The standard InChI is InChI=1S/C10H8Cl2F2O/c1-5(11)9(15)6-2-7(10(13)14)4-8(12)3-6/h2-5,10H,1H3. The first kappa shape index (κ1) is 12.4. The molecule has 0 aliphatic heterocycles. The third kappa shape index (κ3) is 3.14. The first-order valence-electron chi connectivity index (χ1n) is 4.18. The summed E-state index contributed by atoms with van der Waals surface area (Å²) in [6, 6.07) is 3.56. The van der Waals surface area contributed by atoms with E-state index in [9.17, 15) is 13.6 Å². The molecule has 1 rings (SSSR count). The van der Waals surface area contributed by atoms with E-state index in [2.05, 4.69) is 0 Å². The summed E-state index contributed by atoms with van der Waals surface area (Å²) in [4.78, 5) is 11.4. The Bertz CT molecular complexity index is 378. The Morgan fingerprint density at radius 1 is 1.33 bits per heavy atom. The maximum absolute atomic E-state index is 12.4. The lowest BCUT2D eigenvalue weighted by Crippen LogP contribution is -2.10. The minimum atomic E-state index is -2.65. The van der Waals surface area contributed by atoms with Crippen molar-refractivity contribution in [2.75, 3.05) is 0 Å². The molecule has 0 fully saturated rings. The van der Waals surface area contributed by atoms with Crippen molar-refractivity contribution in [1.29, 1.82) is 0 Å². The van der Waals surface area contributed by atoms with Crippen LogP contribution in [0.25, 0.3) is 0 Å². The number of hydrogen-bond acceptors (Lipinski definition) is 1. The van der Waals surface area contributed by atoms with Gasteiger partial charge in [-0.15, -0.1) is 11.6 Å². The van der Waals surface area contributed by atoms with Gasteiger partial charge in [-0.05, 0) is 25.1 Å². The van der Waals surface area contributed by atoms with Crippen molar-refractivity contribution in [3.8, 4) is 0 Å². The van der Waals surface area contributed by atoms with E-state index in [0.29, 0.717) is 0 Å². The molecule has 0 aliphatic carbocycles. The maximum atomic E-state index is 12.4. The lowest BCUT2D eigenvalue weighted by Gasteiger charge is -2.06. The largest absolute Gasteiger partial charge is 0.293 e. The zero-order valence-corrected chi connectivity index (χ0v) is 9.32. The second-order valence-electron chi connectivity index (χ2n) is 3.05. The molecule has 0 saturated carbocycles. The quantitative estimate of drug-likeness (QED) is 0.585. The summed E-state index contributed by atoms with van der Waals surface area (Å²) in [5.41, 5.74) is -0.163. The third-order valence-corrected chi connectivity index (χ3v) is 2.23. The first-order valence-corrected chi connectivity index (χ1v) is 5.00. The van der Waals surface area contributed by atoms with Gasteiger partial charge in [0.2, 0.25) is 0 Å². The van der Waals surface area contributed by atoms with Gasteiger partial charge in [0, 0.05) is 16.1 Å². The number of Topliss-reactive ketones (excluding diaryl/α,β-unsaturated/α-hetero) is 1. The fourth-order valence-electron chi connectivity index (χ4n) is 1.11. The van der Waals surface area contributed by atoms with Crippen LogP contribution in [-0.4, -0.2) is 11.2 Å². The highest BCUT2D eigenvalue weighted by Gasteiger charge is 2.16. The molecule has 1 aromatic rings. The van der Waals surface area contributed by atoms with Crippen LogP contribution in [-0.2, 0) is 0 Å². The second kappa shape index (κ2) is 4.90. The number of carbonyl (C=O) groups excluding carboxylic acids is 1. The molecule has 0 aromatic heterocycles. The van der Waals surface area contributed by atoms with Crippen LogP contribution in [0.4, 0.5) is 8.78 Å². The summed E-state index contributed by atoms with van der Waals surface area (Å²) >= 11 is 11.2. The number of hydrogen-bond donors (Lipinski definition) is 0. The molecule has 0 heterocycles. The summed E-state index contributed by atoms with van der Waals surface area (Å²) in [6.07, 6.45) is -2.65. The summed E-state index contributed by atoms with van der Waals surface area (Å²) in [7, 11) is 0. The van der Waals surface area contributed by atoms with E-state index in [1.165, 1.54) is 13.0 Å². The fraction of sp³-hybridized carbons (Fsp3) is 0.300. The van der Waals surface area contributed by atoms with Crippen LogP contribution in [0.1, 0.15) is 29.3 Å². The van der Waals surface area contributed by atoms with Gasteiger partial charge in [-0.3, -0.25) is 4.79 Å². The second-order valence-corrected chi connectivity index (χ2v) is 4.15. The van der Waals surface area contributed by atoms with Crippen LogP contribution >= 0.6 is 23.2 Å². The van der Waals surface area contributed by atoms with Crippen molar-refractivity contribution >= 4 is 29.0 Å². The van der Waals surface area contributed by atoms with Crippen molar-refractivity contribution in [2.45, 2.75) is 18.7 Å². The maximum Gasteiger partial charge on any atom is 0.263 e. The van der Waals surface area contributed by atoms with Crippen molar-refractivity contribution in [3.63, 3.8) is 0 Å². The minimum absolute atomic E-state index is 0.105. The van der Waals surface area contributed by atoms with Crippen LogP contribution in [0.3, 0.4) is 0 Å². The first-order chi connectivity index (χ1) is 6.91. The average Bonchev–Trinajstić information content (AvgIpc) is 2.15. The van der Waals surface area contributed by atoms with Crippen LogP contribution in [0.5, 0.6) is 0 Å². The number of halogens is 4. The van der Waals surface area contributed by atoms with E-state index in [1.807, 2.05) is 0 Å². The van der Waals surface area contributed by atoms with E-state index in [-0.39, 0.29) is 16.1 Å². The zero-order chi connectivity index (χ0) is 11.6. The SMILES string of the molecule is CC(Cl)C(=O)c1cc(Cl)cc(C(F)F)c1. The molecular weight excluding hydrogens is 245 g/mol. The molecule has 1 aromatic carbocycles. The smallest absolute Gasteiger partial charge is 0.263 e. The molecule has 82 valence electrons. The highest BCUT2D eigenvalue weighted by Crippen LogP contribution is 2.25. The molecule has 0 radical (unpaired) electrons. The van der Waals surface area contributed by atoms with E-state index in [1.54, 1.807) is 0 Å². The van der Waals surface area contributed by atoms with Gasteiger partial charge in [0.05, 0.1) is 5.38 Å². The molecule has 1 nitrogen and oxygen atoms in total. The third-order valence-electron chi connectivity index (χ3n) is 1.82. The molecule has 1 unspecified atom stereocenters. The Morgan fingerprint density at radius 3 is 2.40 bits per heavy atom. The Morgan fingerprint density at radius 2 is 1.93 bits per heavy atom. The van der Waals surface area contributed by atoms with E-state index >= 15 is 0 Å². The van der Waals surface area contributed by atoms with Crippen LogP contribution < -0.4 is 0 Å². The van der Waals surface area contributed by atoms with Crippen LogP contribution in [0, 0.1) is 0 Å². The molecule has 0 spiro atoms. The van der Waals surface area contributed by atoms with Gasteiger partial charge >= 0.3 is 0 Å². The number of rotatable bonds is 3. The normalized spacial score (nSPS) is 12.9. The van der Waals surface area contributed by atoms with E-state index < -0.39 is 17.6 Å². The number of ketones is 1. The minimum Gasteiger partial charge on any atom is -0.293 e. The monoisotopic (exact) mass is 252 g/mol. The topological polar surface area (TPSA) is 17.1 Å². The average molecular weight is 253 g/mol. The van der Waals surface area contributed by atoms with Gasteiger partial charge in [0.25, 0.3) is 6.43 Å². The van der Waals surface area contributed by atoms with Crippen molar-refractivity contribution in [3.05, 3.63) is 34.3 Å². The van der Waals surface area contributed by atoms with Gasteiger partial charge in [-0.25, -0.2) is 8.78 Å². The molecule has 0 aliphatic rings. The van der Waals surface area contributed by atoms with Gasteiger partial charge in [-0.1, -0.05) is 11.6 Å². The molecule has 15 heavy (non-hydrogen) atoms. The predicted octanol–water partition coefficient (Wildman–Crippen LogP) is 4.09. The highest BCUT2D eigenvalue weighted by atomic mass is 35.5. The molecule has 0 saturated heterocycles. The Labute approximate surface area is 96.0 Å². The molecule has 1 atom stereocenters. The Kier molecular flexibility index (Phi) is 4.05. The van der Waals surface area contributed by atoms with Gasteiger partial charge in [-0.2, -0.15) is 0 Å². The molecule has 0 bridgehead atoms. The van der Waals surface area contributed by atoms with Crippen molar-refractivity contribution in [2.24, 2.45) is 0 Å². The molecular formula is C10H8Cl2F2O. The fourth-order valence-corrected chi connectivity index (χ4v) is 1.48. The van der Waals surface area contributed by atoms with Crippen molar-refractivity contribution < 1.29 is 13.6 Å². The van der Waals surface area contributed by atoms with Crippen LogP contribution in [0.2, 0.25) is 5.02 Å². The molecule has 0 amide bonds. The molecule has 5 heteroatoms. The summed E-state index contributed by atoms with van der Waals surface area (Å²) in [6.45, 7) is 1.48. The Balaban J connectivity index is 3.14. The summed E-state index contributed by atoms with van der Waals surface area (Å²) < 4.78 is 24.8. The van der Waals surface area contributed by atoms with E-state index in [4.69, 9.17) is 23.2 Å². The number of alkyl halides is 3. The predicted molar refractivity (Wildman–Crippen MR) is 56.1 cm³/mol. The van der Waals surface area contributed by atoms with E-state index in [0.717, 1.165) is 12.1 Å². The highest BCUT2D eigenvalue weighted by molar-refractivity contribution is 6.34. The van der Waals surface area contributed by atoms with Gasteiger partial charge in [0.15, 0.2) is 5.78 Å². The van der Waals surface area contributed by atoms with Gasteiger partial charge < -0.3 is 0 Å². The van der Waals surface area contributed by atoms with Crippen molar-refractivity contribution in [1.82, 2.24) is 0 Å². The van der Waals surface area contributed by atoms with Crippen LogP contribution in [0.15, 0.2) is 18.2 Å². The molecule has 0 N–H and O–H groups in total. The Hall–Kier alpha value is -0.670. The lowest BCUT2D eigenvalue weighted by atomic mass is 10.1. The summed E-state index contributed by atoms with van der Waals surface area (Å²) in [5, 5.41) is -0.651. The number of benzene rings is 1. The number of carbonyl (C=O) groups is 1. The zero-order valence-electron chi connectivity index (χ0n) is 7.81. The van der Waals surface area contributed by atoms with Gasteiger partial charge in [0.1, 0.15) is 0 Å². The summed E-state index contributed by atoms with van der Waals surface area (Å²) in [5.74, 6) is -0.416.